The molecule has 4 aromatic rings. The number of carbonyl (C=O) groups excluding carboxylic acids is 4. The molecule has 4 aromatic carbocycles. The van der Waals surface area contributed by atoms with Crippen LogP contribution >= 0.6 is 0 Å². The number of aryl methyl sites for hydroxylation is 2. The third kappa shape index (κ3) is 2.81. The molecule has 0 saturated heterocycles. The summed E-state index contributed by atoms with van der Waals surface area (Å²) in [6.07, 6.45) is 1.39. The Kier molecular flexibility index (Phi) is 4.57. The number of Topliss-reactive ketones (excluding diaryl/α,β-unsaturated/α-hetero) is 4. The van der Waals surface area contributed by atoms with Crippen LogP contribution in [-0.2, 0) is 12.8 Å². The number of carbonyl (C=O) groups is 4. The van der Waals surface area contributed by atoms with Gasteiger partial charge in [0.15, 0.2) is 23.1 Å². The second-order valence-electron chi connectivity index (χ2n) is 11.1. The Morgan fingerprint density at radius 1 is 0.472 bits per heavy atom. The van der Waals surface area contributed by atoms with Gasteiger partial charge in [-0.05, 0) is 62.4 Å². The molecule has 0 bridgehead atoms. The maximum atomic E-state index is 13.1. The van der Waals surface area contributed by atoms with Gasteiger partial charge in [0.05, 0.1) is 10.8 Å². The van der Waals surface area contributed by atoms with Crippen molar-refractivity contribution < 1.29 is 19.2 Å². The van der Waals surface area contributed by atoms with Crippen LogP contribution in [0.5, 0.6) is 0 Å². The molecule has 0 atom stereocenters. The summed E-state index contributed by atoms with van der Waals surface area (Å²) in [5.41, 5.74) is 2.43. The number of ketones is 4. The third-order valence-corrected chi connectivity index (χ3v) is 8.17. The Balaban J connectivity index is 1.44. The molecule has 0 aromatic heterocycles. The van der Waals surface area contributed by atoms with Crippen molar-refractivity contribution >= 4 is 44.7 Å². The lowest BCUT2D eigenvalue weighted by molar-refractivity contribution is 0.0693. The molecule has 0 aliphatic heterocycles. The number of hydrogen-bond acceptors (Lipinski definition) is 4. The van der Waals surface area contributed by atoms with Crippen molar-refractivity contribution in [1.82, 2.24) is 0 Å². The lowest BCUT2D eigenvalue weighted by atomic mass is 9.70. The summed E-state index contributed by atoms with van der Waals surface area (Å²) in [6.45, 7) is 6.79. The summed E-state index contributed by atoms with van der Waals surface area (Å²) in [6, 6.07) is 19.1. The molecule has 0 spiro atoms. The Morgan fingerprint density at radius 2 is 0.806 bits per heavy atom. The fourth-order valence-electron chi connectivity index (χ4n) is 5.95. The van der Waals surface area contributed by atoms with E-state index in [1.807, 2.05) is 60.7 Å². The highest BCUT2D eigenvalue weighted by Crippen LogP contribution is 2.41. The maximum absolute atomic E-state index is 13.1. The van der Waals surface area contributed by atoms with Crippen molar-refractivity contribution in [3.05, 3.63) is 94.0 Å². The van der Waals surface area contributed by atoms with E-state index in [0.717, 1.165) is 32.7 Å². The second-order valence-corrected chi connectivity index (χ2v) is 11.1. The summed E-state index contributed by atoms with van der Waals surface area (Å²) in [5.74, 6) is -0.542. The third-order valence-electron chi connectivity index (χ3n) is 8.17. The Hall–Kier alpha value is -3.92. The Labute approximate surface area is 209 Å². The van der Waals surface area contributed by atoms with Crippen molar-refractivity contribution in [3.8, 4) is 0 Å². The molecule has 0 radical (unpaired) electrons. The lowest BCUT2D eigenvalue weighted by Crippen LogP contribution is -2.37. The van der Waals surface area contributed by atoms with E-state index in [9.17, 15) is 19.2 Å². The zero-order valence-electron chi connectivity index (χ0n) is 20.8. The fourth-order valence-corrected chi connectivity index (χ4v) is 5.95. The van der Waals surface area contributed by atoms with Gasteiger partial charge in [-0.3, -0.25) is 19.2 Å². The minimum absolute atomic E-state index is 0.136. The van der Waals surface area contributed by atoms with Crippen LogP contribution in [0.25, 0.3) is 21.5 Å². The molecule has 0 amide bonds. The monoisotopic (exact) mass is 474 g/mol. The fraction of sp³-hybridized carbons (Fsp3) is 0.250. The molecule has 0 saturated carbocycles. The van der Waals surface area contributed by atoms with Gasteiger partial charge in [0.2, 0.25) is 0 Å². The van der Waals surface area contributed by atoms with Gasteiger partial charge < -0.3 is 0 Å². The molecular weight excluding hydrogens is 448 g/mol. The Morgan fingerprint density at radius 3 is 1.17 bits per heavy atom. The molecule has 6 rings (SSSR count). The van der Waals surface area contributed by atoms with Crippen LogP contribution in [0.15, 0.2) is 60.7 Å². The van der Waals surface area contributed by atoms with Crippen molar-refractivity contribution in [2.45, 2.75) is 40.5 Å². The first-order chi connectivity index (χ1) is 17.0. The summed E-state index contributed by atoms with van der Waals surface area (Å²) >= 11 is 0. The van der Waals surface area contributed by atoms with E-state index in [-0.39, 0.29) is 23.1 Å². The zero-order valence-corrected chi connectivity index (χ0v) is 20.8. The van der Waals surface area contributed by atoms with Gasteiger partial charge in [-0.2, -0.15) is 0 Å². The van der Waals surface area contributed by atoms with E-state index in [0.29, 0.717) is 35.1 Å². The van der Waals surface area contributed by atoms with Gasteiger partial charge in [-0.1, -0.05) is 60.7 Å². The van der Waals surface area contributed by atoms with Gasteiger partial charge in [0.1, 0.15) is 0 Å². The topological polar surface area (TPSA) is 68.3 Å². The van der Waals surface area contributed by atoms with Gasteiger partial charge in [0, 0.05) is 33.0 Å². The highest BCUT2D eigenvalue weighted by atomic mass is 16.2. The highest BCUT2D eigenvalue weighted by molar-refractivity contribution is 6.32. The number of benzene rings is 4. The minimum atomic E-state index is -1.06. The summed E-state index contributed by atoms with van der Waals surface area (Å²) in [7, 11) is 0. The molecule has 0 unspecified atom stereocenters. The lowest BCUT2D eigenvalue weighted by Gasteiger charge is -2.29. The molecule has 2 aliphatic carbocycles. The highest BCUT2D eigenvalue weighted by Gasteiger charge is 2.44. The number of hydrogen-bond donors (Lipinski definition) is 0. The van der Waals surface area contributed by atoms with E-state index in [1.165, 1.54) is 0 Å². The SMILES string of the molecule is CC1(C)C(=O)c2cccc3c(CCc4ccc5c6c(cccc46)C(=O)C(C)(C)C5=O)ccc(c23)C1=O. The molecule has 0 N–H and O–H groups in total. The first-order valence-electron chi connectivity index (χ1n) is 12.3. The average molecular weight is 475 g/mol. The van der Waals surface area contributed by atoms with Crippen molar-refractivity contribution in [3.63, 3.8) is 0 Å². The van der Waals surface area contributed by atoms with Gasteiger partial charge in [0.25, 0.3) is 0 Å². The van der Waals surface area contributed by atoms with Gasteiger partial charge >= 0.3 is 0 Å². The predicted octanol–water partition coefficient (Wildman–Crippen LogP) is 6.59. The molecule has 4 nitrogen and oxygen atoms in total. The summed E-state index contributed by atoms with van der Waals surface area (Å²) in [5, 5.41) is 3.35. The smallest absolute Gasteiger partial charge is 0.176 e. The predicted molar refractivity (Wildman–Crippen MR) is 140 cm³/mol. The van der Waals surface area contributed by atoms with Crippen LogP contribution in [0.3, 0.4) is 0 Å². The van der Waals surface area contributed by atoms with E-state index < -0.39 is 10.8 Å². The molecule has 4 heteroatoms. The van der Waals surface area contributed by atoms with Crippen LogP contribution < -0.4 is 0 Å². The van der Waals surface area contributed by atoms with Crippen molar-refractivity contribution in [2.75, 3.05) is 0 Å². The first kappa shape index (κ1) is 22.5. The van der Waals surface area contributed by atoms with Crippen LogP contribution in [0.4, 0.5) is 0 Å². The normalized spacial score (nSPS) is 17.8. The Bertz CT molecular complexity index is 1530. The largest absolute Gasteiger partial charge is 0.293 e. The van der Waals surface area contributed by atoms with E-state index >= 15 is 0 Å². The van der Waals surface area contributed by atoms with Crippen LogP contribution in [0.2, 0.25) is 0 Å². The summed E-state index contributed by atoms with van der Waals surface area (Å²) < 4.78 is 0. The molecular formula is C32H26O4. The quantitative estimate of drug-likeness (QED) is 0.314. The van der Waals surface area contributed by atoms with Crippen LogP contribution in [-0.4, -0.2) is 23.1 Å². The van der Waals surface area contributed by atoms with Gasteiger partial charge in [-0.25, -0.2) is 0 Å². The van der Waals surface area contributed by atoms with E-state index in [2.05, 4.69) is 0 Å². The molecule has 36 heavy (non-hydrogen) atoms. The molecule has 178 valence electrons. The minimum Gasteiger partial charge on any atom is -0.293 e. The second kappa shape index (κ2) is 7.30. The first-order valence-corrected chi connectivity index (χ1v) is 12.3. The molecule has 0 heterocycles. The molecule has 2 aliphatic rings. The van der Waals surface area contributed by atoms with Crippen molar-refractivity contribution in [2.24, 2.45) is 10.8 Å². The van der Waals surface area contributed by atoms with Crippen LogP contribution in [0, 0.1) is 10.8 Å². The number of rotatable bonds is 3. The average Bonchev–Trinajstić information content (AvgIpc) is 2.87. The zero-order chi connectivity index (χ0) is 25.6. The van der Waals surface area contributed by atoms with E-state index in [1.54, 1.807) is 27.7 Å². The van der Waals surface area contributed by atoms with Gasteiger partial charge in [-0.15, -0.1) is 0 Å². The van der Waals surface area contributed by atoms with E-state index in [4.69, 9.17) is 0 Å². The van der Waals surface area contributed by atoms with Crippen molar-refractivity contribution in [1.29, 1.82) is 0 Å². The standard InChI is InChI=1S/C32H26O4/c1-31(2)27(33)21-9-5-7-19-17(13-15-23(25(19)21)29(31)35)11-12-18-14-16-24-26-20(18)8-6-10-22(26)28(34)32(3,4)30(24)36/h5-10,13-16H,11-12H2,1-4H3. The maximum Gasteiger partial charge on any atom is 0.176 e. The summed E-state index contributed by atoms with van der Waals surface area (Å²) in [4.78, 5) is 52.4. The van der Waals surface area contributed by atoms with Crippen LogP contribution in [0.1, 0.15) is 80.3 Å². The molecule has 0 fully saturated rings.